The van der Waals surface area contributed by atoms with Gasteiger partial charge in [0.05, 0.1) is 13.7 Å². The van der Waals surface area contributed by atoms with Crippen LogP contribution in [0.15, 0.2) is 54.6 Å². The minimum Gasteiger partial charge on any atom is -0.497 e. The molecule has 0 aliphatic carbocycles. The Labute approximate surface area is 150 Å². The Morgan fingerprint density at radius 3 is 2.35 bits per heavy atom. The summed E-state index contributed by atoms with van der Waals surface area (Å²) in [6, 6.07) is 15.9. The maximum absolute atomic E-state index is 12.9. The molecule has 0 atom stereocenters. The van der Waals surface area contributed by atoms with Gasteiger partial charge >= 0.3 is 5.97 Å². The number of hydrogen-bond donors (Lipinski definition) is 1. The average molecular weight is 350 g/mol. The Balaban J connectivity index is 2.12. The minimum absolute atomic E-state index is 0.149. The number of esters is 1. The SMILES string of the molecule is CCOC(=O)c1[nH]nc(C(=O)c2ccccc2)c1-c1ccc(OC)cc1. The van der Waals surface area contributed by atoms with Crippen molar-refractivity contribution in [3.05, 3.63) is 71.5 Å². The van der Waals surface area contributed by atoms with E-state index in [1.165, 1.54) is 0 Å². The van der Waals surface area contributed by atoms with E-state index in [1.54, 1.807) is 62.6 Å². The molecule has 1 heterocycles. The number of aromatic nitrogens is 2. The van der Waals surface area contributed by atoms with Crippen molar-refractivity contribution in [3.63, 3.8) is 0 Å². The molecule has 0 radical (unpaired) electrons. The Morgan fingerprint density at radius 1 is 1.04 bits per heavy atom. The van der Waals surface area contributed by atoms with Crippen LogP contribution in [0.4, 0.5) is 0 Å². The molecule has 3 rings (SSSR count). The van der Waals surface area contributed by atoms with Gasteiger partial charge < -0.3 is 9.47 Å². The molecule has 0 spiro atoms. The zero-order valence-electron chi connectivity index (χ0n) is 14.5. The molecule has 1 aromatic heterocycles. The molecule has 0 saturated carbocycles. The number of carbonyl (C=O) groups is 2. The second-order valence-electron chi connectivity index (χ2n) is 5.47. The molecule has 0 unspecified atom stereocenters. The smallest absolute Gasteiger partial charge is 0.357 e. The topological polar surface area (TPSA) is 81.3 Å². The maximum atomic E-state index is 12.9. The van der Waals surface area contributed by atoms with Crippen LogP contribution in [0.2, 0.25) is 0 Å². The van der Waals surface area contributed by atoms with Gasteiger partial charge in [0.15, 0.2) is 5.69 Å². The summed E-state index contributed by atoms with van der Waals surface area (Å²) >= 11 is 0. The van der Waals surface area contributed by atoms with Crippen molar-refractivity contribution in [2.75, 3.05) is 13.7 Å². The van der Waals surface area contributed by atoms with E-state index in [9.17, 15) is 9.59 Å². The van der Waals surface area contributed by atoms with Gasteiger partial charge in [-0.25, -0.2) is 4.79 Å². The molecule has 132 valence electrons. The van der Waals surface area contributed by atoms with Gasteiger partial charge in [-0.05, 0) is 24.6 Å². The molecule has 26 heavy (non-hydrogen) atoms. The van der Waals surface area contributed by atoms with E-state index < -0.39 is 5.97 Å². The third-order valence-electron chi connectivity index (χ3n) is 3.88. The van der Waals surface area contributed by atoms with Crippen LogP contribution < -0.4 is 4.74 Å². The molecule has 0 bridgehead atoms. The Morgan fingerprint density at radius 2 is 1.73 bits per heavy atom. The third kappa shape index (κ3) is 3.35. The second-order valence-corrected chi connectivity index (χ2v) is 5.47. The van der Waals surface area contributed by atoms with Crippen LogP contribution >= 0.6 is 0 Å². The molecule has 6 nitrogen and oxygen atoms in total. The number of aromatic amines is 1. The van der Waals surface area contributed by atoms with Crippen molar-refractivity contribution < 1.29 is 19.1 Å². The summed E-state index contributed by atoms with van der Waals surface area (Å²) in [6.45, 7) is 1.94. The molecule has 2 aromatic carbocycles. The number of ketones is 1. The minimum atomic E-state index is -0.557. The Kier molecular flexibility index (Phi) is 5.12. The first-order valence-electron chi connectivity index (χ1n) is 8.15. The van der Waals surface area contributed by atoms with Crippen molar-refractivity contribution in [1.29, 1.82) is 0 Å². The lowest BCUT2D eigenvalue weighted by atomic mass is 9.98. The van der Waals surface area contributed by atoms with Crippen molar-refractivity contribution >= 4 is 11.8 Å². The van der Waals surface area contributed by atoms with Crippen LogP contribution in [-0.4, -0.2) is 35.7 Å². The number of rotatable bonds is 6. The molecular formula is C20H18N2O4. The van der Waals surface area contributed by atoms with Gasteiger partial charge in [-0.2, -0.15) is 5.10 Å². The molecule has 0 fully saturated rings. The average Bonchev–Trinajstić information content (AvgIpc) is 3.13. The van der Waals surface area contributed by atoms with Gasteiger partial charge in [-0.3, -0.25) is 9.89 Å². The second kappa shape index (κ2) is 7.65. The Bertz CT molecular complexity index is 915. The third-order valence-corrected chi connectivity index (χ3v) is 3.88. The summed E-state index contributed by atoms with van der Waals surface area (Å²) in [5.74, 6) is -0.160. The summed E-state index contributed by atoms with van der Waals surface area (Å²) in [5.41, 5.74) is 1.90. The largest absolute Gasteiger partial charge is 0.497 e. The van der Waals surface area contributed by atoms with Crippen LogP contribution in [-0.2, 0) is 4.74 Å². The van der Waals surface area contributed by atoms with E-state index in [4.69, 9.17) is 9.47 Å². The van der Waals surface area contributed by atoms with Gasteiger partial charge in [0.25, 0.3) is 0 Å². The fourth-order valence-corrected chi connectivity index (χ4v) is 2.62. The van der Waals surface area contributed by atoms with Gasteiger partial charge in [-0.15, -0.1) is 0 Å². The van der Waals surface area contributed by atoms with Gasteiger partial charge in [-0.1, -0.05) is 42.5 Å². The van der Waals surface area contributed by atoms with E-state index in [0.29, 0.717) is 22.4 Å². The molecule has 6 heteroatoms. The van der Waals surface area contributed by atoms with Crippen molar-refractivity contribution in [2.45, 2.75) is 6.92 Å². The first-order valence-corrected chi connectivity index (χ1v) is 8.15. The summed E-state index contributed by atoms with van der Waals surface area (Å²) in [4.78, 5) is 25.2. The first-order chi connectivity index (χ1) is 12.7. The van der Waals surface area contributed by atoms with Crippen LogP contribution in [0.3, 0.4) is 0 Å². The molecule has 1 N–H and O–H groups in total. The quantitative estimate of drug-likeness (QED) is 0.544. The lowest BCUT2D eigenvalue weighted by Gasteiger charge is -2.07. The standard InChI is InChI=1S/C20H18N2O4/c1-3-26-20(24)18-16(13-9-11-15(25-2)12-10-13)17(21-22-18)19(23)14-7-5-4-6-8-14/h4-12H,3H2,1-2H3,(H,21,22). The normalized spacial score (nSPS) is 10.4. The van der Waals surface area contributed by atoms with Gasteiger partial charge in [0.2, 0.25) is 5.78 Å². The highest BCUT2D eigenvalue weighted by Crippen LogP contribution is 2.30. The number of hydrogen-bond acceptors (Lipinski definition) is 5. The Hall–Kier alpha value is -3.41. The van der Waals surface area contributed by atoms with E-state index in [-0.39, 0.29) is 23.8 Å². The predicted molar refractivity (Wildman–Crippen MR) is 96.4 cm³/mol. The fourth-order valence-electron chi connectivity index (χ4n) is 2.62. The highest BCUT2D eigenvalue weighted by Gasteiger charge is 2.26. The van der Waals surface area contributed by atoms with E-state index in [1.807, 2.05) is 6.07 Å². The number of ether oxygens (including phenoxy) is 2. The van der Waals surface area contributed by atoms with E-state index >= 15 is 0 Å². The van der Waals surface area contributed by atoms with Crippen LogP contribution in [0.25, 0.3) is 11.1 Å². The van der Waals surface area contributed by atoms with Crippen LogP contribution in [0.1, 0.15) is 33.5 Å². The number of methoxy groups -OCH3 is 1. The van der Waals surface area contributed by atoms with Crippen molar-refractivity contribution in [1.82, 2.24) is 10.2 Å². The zero-order valence-corrected chi connectivity index (χ0v) is 14.5. The lowest BCUT2D eigenvalue weighted by Crippen LogP contribution is -2.08. The van der Waals surface area contributed by atoms with Gasteiger partial charge in [0, 0.05) is 11.1 Å². The molecule has 3 aromatic rings. The predicted octanol–water partition coefficient (Wildman–Crippen LogP) is 3.49. The van der Waals surface area contributed by atoms with Gasteiger partial charge in [0.1, 0.15) is 11.4 Å². The number of nitrogens with one attached hydrogen (secondary N) is 1. The number of benzene rings is 2. The van der Waals surface area contributed by atoms with Crippen LogP contribution in [0.5, 0.6) is 5.75 Å². The first kappa shape index (κ1) is 17.4. The lowest BCUT2D eigenvalue weighted by molar-refractivity contribution is 0.0520. The number of carbonyl (C=O) groups excluding carboxylic acids is 2. The molecule has 0 aliphatic rings. The molecule has 0 aliphatic heterocycles. The number of H-pyrrole nitrogens is 1. The highest BCUT2D eigenvalue weighted by molar-refractivity contribution is 6.14. The highest BCUT2D eigenvalue weighted by atomic mass is 16.5. The summed E-state index contributed by atoms with van der Waals surface area (Å²) in [7, 11) is 1.57. The zero-order chi connectivity index (χ0) is 18.5. The van der Waals surface area contributed by atoms with Crippen molar-refractivity contribution in [2.24, 2.45) is 0 Å². The maximum Gasteiger partial charge on any atom is 0.357 e. The summed E-state index contributed by atoms with van der Waals surface area (Å²) in [5, 5.41) is 6.77. The summed E-state index contributed by atoms with van der Waals surface area (Å²) < 4.78 is 10.3. The fraction of sp³-hybridized carbons (Fsp3) is 0.150. The molecular weight excluding hydrogens is 332 g/mol. The molecule has 0 saturated heterocycles. The monoisotopic (exact) mass is 350 g/mol. The van der Waals surface area contributed by atoms with E-state index in [2.05, 4.69) is 10.2 Å². The summed E-state index contributed by atoms with van der Waals surface area (Å²) in [6.07, 6.45) is 0. The number of nitrogens with zero attached hydrogens (tertiary/aromatic N) is 1. The van der Waals surface area contributed by atoms with E-state index in [0.717, 1.165) is 0 Å². The molecule has 0 amide bonds. The van der Waals surface area contributed by atoms with Crippen molar-refractivity contribution in [3.8, 4) is 16.9 Å². The van der Waals surface area contributed by atoms with Crippen LogP contribution in [0, 0.1) is 0 Å².